The molecule has 0 saturated carbocycles. The Morgan fingerprint density at radius 3 is 2.47 bits per heavy atom. The SMILES string of the molecule is NCCC(C(=O)Nc1ccc(N)c(C(N)=Nc2cccc(Cl)c2)c1)c1ccc(Cl)c(Cl)c1. The number of nitrogens with two attached hydrogens (primary N) is 3. The van der Waals surface area contributed by atoms with Crippen LogP contribution in [0.1, 0.15) is 23.5 Å². The molecule has 0 heterocycles. The van der Waals surface area contributed by atoms with Crippen molar-refractivity contribution in [3.8, 4) is 0 Å². The van der Waals surface area contributed by atoms with Gasteiger partial charge in [0.15, 0.2) is 0 Å². The van der Waals surface area contributed by atoms with Gasteiger partial charge < -0.3 is 22.5 Å². The maximum absolute atomic E-state index is 13.0. The van der Waals surface area contributed by atoms with E-state index in [9.17, 15) is 4.79 Å². The van der Waals surface area contributed by atoms with Gasteiger partial charge >= 0.3 is 0 Å². The molecule has 0 aliphatic rings. The van der Waals surface area contributed by atoms with Crippen LogP contribution in [-0.2, 0) is 4.79 Å². The number of aliphatic imine (C=N–C) groups is 1. The first kappa shape index (κ1) is 23.9. The van der Waals surface area contributed by atoms with Crippen LogP contribution in [0.5, 0.6) is 0 Å². The monoisotopic (exact) mass is 489 g/mol. The normalized spacial score (nSPS) is 12.4. The van der Waals surface area contributed by atoms with Crippen LogP contribution in [0.2, 0.25) is 15.1 Å². The molecule has 0 saturated heterocycles. The van der Waals surface area contributed by atoms with E-state index >= 15 is 0 Å². The van der Waals surface area contributed by atoms with Crippen LogP contribution in [0, 0.1) is 0 Å². The summed E-state index contributed by atoms with van der Waals surface area (Å²) in [7, 11) is 0. The molecule has 3 aromatic rings. The van der Waals surface area contributed by atoms with Gasteiger partial charge in [-0.05, 0) is 67.1 Å². The number of amides is 1. The van der Waals surface area contributed by atoms with Gasteiger partial charge in [-0.25, -0.2) is 4.99 Å². The molecule has 3 rings (SSSR count). The molecule has 7 N–H and O–H groups in total. The largest absolute Gasteiger partial charge is 0.398 e. The van der Waals surface area contributed by atoms with Crippen molar-refractivity contribution in [3.05, 3.63) is 86.9 Å². The van der Waals surface area contributed by atoms with Gasteiger partial charge in [-0.2, -0.15) is 0 Å². The summed E-state index contributed by atoms with van der Waals surface area (Å²) < 4.78 is 0. The predicted molar refractivity (Wildman–Crippen MR) is 134 cm³/mol. The number of anilines is 2. The Kier molecular flexibility index (Phi) is 7.99. The molecular weight excluding hydrogens is 469 g/mol. The maximum Gasteiger partial charge on any atom is 0.231 e. The molecule has 0 aromatic heterocycles. The molecule has 166 valence electrons. The summed E-state index contributed by atoms with van der Waals surface area (Å²) in [6.45, 7) is 0.324. The summed E-state index contributed by atoms with van der Waals surface area (Å²) in [4.78, 5) is 17.4. The number of carbonyl (C=O) groups is 1. The van der Waals surface area contributed by atoms with Gasteiger partial charge in [-0.1, -0.05) is 46.9 Å². The van der Waals surface area contributed by atoms with E-state index < -0.39 is 5.92 Å². The second kappa shape index (κ2) is 10.7. The summed E-state index contributed by atoms with van der Waals surface area (Å²) in [5, 5.41) is 4.23. The summed E-state index contributed by atoms with van der Waals surface area (Å²) in [6, 6.07) is 17.1. The molecule has 0 fully saturated rings. The average Bonchev–Trinajstić information content (AvgIpc) is 2.75. The van der Waals surface area contributed by atoms with Gasteiger partial charge in [0.1, 0.15) is 5.84 Å². The first-order valence-corrected chi connectivity index (χ1v) is 10.9. The first-order valence-electron chi connectivity index (χ1n) is 9.74. The zero-order valence-corrected chi connectivity index (χ0v) is 19.3. The Balaban J connectivity index is 1.86. The van der Waals surface area contributed by atoms with Gasteiger partial charge in [-0.3, -0.25) is 4.79 Å². The third-order valence-electron chi connectivity index (χ3n) is 4.77. The number of amidine groups is 1. The molecule has 6 nitrogen and oxygen atoms in total. The third-order valence-corrected chi connectivity index (χ3v) is 5.75. The molecule has 1 unspecified atom stereocenters. The molecule has 3 aromatic carbocycles. The van der Waals surface area contributed by atoms with Crippen LogP contribution in [0.3, 0.4) is 0 Å². The molecule has 9 heteroatoms. The lowest BCUT2D eigenvalue weighted by Gasteiger charge is -2.18. The van der Waals surface area contributed by atoms with Crippen molar-refractivity contribution in [2.24, 2.45) is 16.5 Å². The van der Waals surface area contributed by atoms with Gasteiger partial charge in [0.25, 0.3) is 0 Å². The van der Waals surface area contributed by atoms with Crippen molar-refractivity contribution in [1.82, 2.24) is 0 Å². The van der Waals surface area contributed by atoms with Crippen LogP contribution >= 0.6 is 34.8 Å². The molecular formula is C23H22Cl3N5O. The third kappa shape index (κ3) is 5.93. The number of nitrogens with zero attached hydrogens (tertiary/aromatic N) is 1. The molecule has 0 aliphatic heterocycles. The van der Waals surface area contributed by atoms with Crippen LogP contribution in [0.25, 0.3) is 0 Å². The van der Waals surface area contributed by atoms with E-state index in [0.717, 1.165) is 5.56 Å². The minimum Gasteiger partial charge on any atom is -0.398 e. The van der Waals surface area contributed by atoms with E-state index in [1.165, 1.54) is 0 Å². The first-order chi connectivity index (χ1) is 15.3. The summed E-state index contributed by atoms with van der Waals surface area (Å²) in [5.41, 5.74) is 20.8. The van der Waals surface area contributed by atoms with Gasteiger partial charge in [0.2, 0.25) is 5.91 Å². The fourth-order valence-electron chi connectivity index (χ4n) is 3.18. The molecule has 0 aliphatic carbocycles. The van der Waals surface area contributed by atoms with Crippen LogP contribution in [0.4, 0.5) is 17.1 Å². The summed E-state index contributed by atoms with van der Waals surface area (Å²) in [5.74, 6) is -0.549. The van der Waals surface area contributed by atoms with E-state index in [1.807, 2.05) is 0 Å². The quantitative estimate of drug-likeness (QED) is 0.203. The standard InChI is InChI=1S/C23H22Cl3N5O/c24-14-2-1-3-15(11-14)30-22(29)18-12-16(5-7-21(18)28)31-23(32)17(8-9-27)13-4-6-19(25)20(26)10-13/h1-7,10-12,17H,8-9,27-28H2,(H2,29,30)(H,31,32). The van der Waals surface area contributed by atoms with E-state index in [0.29, 0.717) is 50.7 Å². The van der Waals surface area contributed by atoms with Crippen molar-refractivity contribution < 1.29 is 4.79 Å². The minimum absolute atomic E-state index is 0.198. The highest BCUT2D eigenvalue weighted by Crippen LogP contribution is 2.29. The van der Waals surface area contributed by atoms with Gasteiger partial charge in [0, 0.05) is 22.0 Å². The van der Waals surface area contributed by atoms with Gasteiger partial charge in [-0.15, -0.1) is 0 Å². The Morgan fingerprint density at radius 1 is 1.00 bits per heavy atom. The van der Waals surface area contributed by atoms with Crippen molar-refractivity contribution >= 4 is 63.6 Å². The fraction of sp³-hybridized carbons (Fsp3) is 0.130. The van der Waals surface area contributed by atoms with E-state index in [2.05, 4.69) is 10.3 Å². The Bertz CT molecular complexity index is 1170. The molecule has 1 amide bonds. The minimum atomic E-state index is -0.506. The van der Waals surface area contributed by atoms with Crippen molar-refractivity contribution in [2.75, 3.05) is 17.6 Å². The predicted octanol–water partition coefficient (Wildman–Crippen LogP) is 5.34. The molecule has 0 radical (unpaired) electrons. The summed E-state index contributed by atoms with van der Waals surface area (Å²) in [6.07, 6.45) is 0.435. The highest BCUT2D eigenvalue weighted by Gasteiger charge is 2.21. The number of hydrogen-bond acceptors (Lipinski definition) is 4. The lowest BCUT2D eigenvalue weighted by atomic mass is 9.94. The zero-order valence-electron chi connectivity index (χ0n) is 17.0. The van der Waals surface area contributed by atoms with Crippen LogP contribution in [0.15, 0.2) is 65.7 Å². The lowest BCUT2D eigenvalue weighted by Crippen LogP contribution is -2.24. The van der Waals surface area contributed by atoms with E-state index in [4.69, 9.17) is 52.0 Å². The van der Waals surface area contributed by atoms with E-state index in [-0.39, 0.29) is 11.7 Å². The number of nitrogen functional groups attached to an aromatic ring is 1. The highest BCUT2D eigenvalue weighted by atomic mass is 35.5. The number of benzene rings is 3. The molecule has 0 bridgehead atoms. The number of hydrogen-bond donors (Lipinski definition) is 4. The number of halogens is 3. The second-order valence-electron chi connectivity index (χ2n) is 7.07. The average molecular weight is 491 g/mol. The fourth-order valence-corrected chi connectivity index (χ4v) is 3.67. The smallest absolute Gasteiger partial charge is 0.231 e. The van der Waals surface area contributed by atoms with Crippen molar-refractivity contribution in [1.29, 1.82) is 0 Å². The zero-order chi connectivity index (χ0) is 23.3. The number of carbonyl (C=O) groups excluding carboxylic acids is 1. The Morgan fingerprint density at radius 2 is 1.78 bits per heavy atom. The van der Waals surface area contributed by atoms with Crippen molar-refractivity contribution in [3.63, 3.8) is 0 Å². The van der Waals surface area contributed by atoms with Gasteiger partial charge in [0.05, 0.1) is 21.7 Å². The Labute approximate surface area is 201 Å². The molecule has 32 heavy (non-hydrogen) atoms. The Hall–Kier alpha value is -2.77. The van der Waals surface area contributed by atoms with Crippen molar-refractivity contribution in [2.45, 2.75) is 12.3 Å². The highest BCUT2D eigenvalue weighted by molar-refractivity contribution is 6.42. The maximum atomic E-state index is 13.0. The number of rotatable bonds is 7. The lowest BCUT2D eigenvalue weighted by molar-refractivity contribution is -0.117. The van der Waals surface area contributed by atoms with Crippen LogP contribution < -0.4 is 22.5 Å². The molecule has 1 atom stereocenters. The topological polar surface area (TPSA) is 120 Å². The van der Waals surface area contributed by atoms with E-state index in [1.54, 1.807) is 60.7 Å². The second-order valence-corrected chi connectivity index (χ2v) is 8.32. The molecule has 0 spiro atoms. The van der Waals surface area contributed by atoms with Crippen LogP contribution in [-0.4, -0.2) is 18.3 Å². The number of nitrogens with one attached hydrogen (secondary N) is 1. The summed E-state index contributed by atoms with van der Waals surface area (Å²) >= 11 is 18.1.